The fraction of sp³-hybridized carbons (Fsp3) is 0.500. The van der Waals surface area contributed by atoms with Crippen molar-refractivity contribution < 1.29 is 18.7 Å². The zero-order valence-corrected chi connectivity index (χ0v) is 12.9. The third-order valence-electron chi connectivity index (χ3n) is 4.99. The summed E-state index contributed by atoms with van der Waals surface area (Å²) in [5.41, 5.74) is -0.417. The Hall–Kier alpha value is -1.56. The van der Waals surface area contributed by atoms with Gasteiger partial charge in [-0.1, -0.05) is 42.5 Å². The van der Waals surface area contributed by atoms with E-state index in [-0.39, 0.29) is 12.6 Å². The Kier molecular flexibility index (Phi) is 3.47. The van der Waals surface area contributed by atoms with Crippen molar-refractivity contribution >= 4 is 23.2 Å². The van der Waals surface area contributed by atoms with Gasteiger partial charge in [-0.2, -0.15) is 8.78 Å². The molecule has 1 aromatic rings. The highest BCUT2D eigenvalue weighted by Crippen LogP contribution is 2.60. The molecular weight excluding hydrogens is 308 g/mol. The van der Waals surface area contributed by atoms with Gasteiger partial charge in [0.2, 0.25) is 0 Å². The third-order valence-corrected chi connectivity index (χ3v) is 5.50. The zero-order chi connectivity index (χ0) is 16.1. The summed E-state index contributed by atoms with van der Waals surface area (Å²) in [5.74, 6) is -5.61. The smallest absolute Gasteiger partial charge is 0.310 e. The van der Waals surface area contributed by atoms with Gasteiger partial charge in [-0.05, 0) is 25.3 Å². The summed E-state index contributed by atoms with van der Waals surface area (Å²) in [6.45, 7) is 1.81. The van der Waals surface area contributed by atoms with Crippen LogP contribution >= 0.6 is 12.2 Å². The monoisotopic (exact) mass is 325 g/mol. The number of aliphatic carboxylic acids is 1. The number of benzene rings is 1. The molecule has 1 aliphatic heterocycles. The Morgan fingerprint density at radius 1 is 1.36 bits per heavy atom. The molecule has 1 saturated carbocycles. The number of thiocarbonyl (C=S) groups is 1. The maximum Gasteiger partial charge on any atom is 0.310 e. The molecule has 1 saturated heterocycles. The third kappa shape index (κ3) is 2.12. The number of carboxylic acid groups (broad SMARTS) is 1. The molecule has 6 heteroatoms. The molecule has 3 nitrogen and oxygen atoms in total. The SMILES string of the molecule is C[C@@H](c1ccccc1)N1C[C@H](C2(C(=O)O)CC2)C(F)(F)C1=S. The number of rotatable bonds is 4. The number of halogens is 2. The van der Waals surface area contributed by atoms with Gasteiger partial charge in [0.05, 0.1) is 17.4 Å². The van der Waals surface area contributed by atoms with E-state index in [1.54, 1.807) is 0 Å². The first-order chi connectivity index (χ1) is 10.3. The maximum absolute atomic E-state index is 14.6. The standard InChI is InChI=1S/C16H17F2NO2S/c1-10(11-5-3-2-4-6-11)19-9-12(16(17,18)13(19)22)15(7-8-15)14(20)21/h2-6,10,12H,7-9H2,1H3,(H,20,21)/t10-,12+/m0/s1. The van der Waals surface area contributed by atoms with Crippen molar-refractivity contribution in [3.05, 3.63) is 35.9 Å². The summed E-state index contributed by atoms with van der Waals surface area (Å²) in [5, 5.41) is 9.33. The summed E-state index contributed by atoms with van der Waals surface area (Å²) in [6, 6.07) is 8.99. The number of carbonyl (C=O) groups is 1. The molecule has 0 amide bonds. The van der Waals surface area contributed by atoms with Crippen molar-refractivity contribution in [3.63, 3.8) is 0 Å². The minimum Gasteiger partial charge on any atom is -0.481 e. The van der Waals surface area contributed by atoms with Crippen LogP contribution in [0.5, 0.6) is 0 Å². The maximum atomic E-state index is 14.6. The van der Waals surface area contributed by atoms with Crippen molar-refractivity contribution in [2.45, 2.75) is 31.7 Å². The van der Waals surface area contributed by atoms with E-state index < -0.39 is 28.2 Å². The van der Waals surface area contributed by atoms with Crippen molar-refractivity contribution in [1.29, 1.82) is 0 Å². The van der Waals surface area contributed by atoms with Crippen LogP contribution in [0.25, 0.3) is 0 Å². The van der Waals surface area contributed by atoms with Crippen molar-refractivity contribution in [2.75, 3.05) is 6.54 Å². The van der Waals surface area contributed by atoms with E-state index in [4.69, 9.17) is 12.2 Å². The molecule has 22 heavy (non-hydrogen) atoms. The summed E-state index contributed by atoms with van der Waals surface area (Å²) in [4.78, 5) is 12.5. The van der Waals surface area contributed by atoms with E-state index in [0.717, 1.165) is 5.56 Å². The molecule has 0 spiro atoms. The summed E-state index contributed by atoms with van der Waals surface area (Å²) in [7, 11) is 0. The molecule has 1 heterocycles. The van der Waals surface area contributed by atoms with Gasteiger partial charge in [0.25, 0.3) is 0 Å². The quantitative estimate of drug-likeness (QED) is 0.860. The lowest BCUT2D eigenvalue weighted by atomic mass is 9.86. The van der Waals surface area contributed by atoms with Crippen LogP contribution in [0.2, 0.25) is 0 Å². The molecular formula is C16H17F2NO2S. The predicted molar refractivity (Wildman–Crippen MR) is 81.9 cm³/mol. The molecule has 2 fully saturated rings. The first kappa shape index (κ1) is 15.3. The Morgan fingerprint density at radius 2 is 1.95 bits per heavy atom. The van der Waals surface area contributed by atoms with E-state index in [9.17, 15) is 18.7 Å². The normalized spacial score (nSPS) is 26.8. The Bertz CT molecular complexity index is 616. The zero-order valence-electron chi connectivity index (χ0n) is 12.1. The Morgan fingerprint density at radius 3 is 2.45 bits per heavy atom. The Balaban J connectivity index is 1.90. The topological polar surface area (TPSA) is 40.5 Å². The van der Waals surface area contributed by atoms with Crippen LogP contribution in [0.3, 0.4) is 0 Å². The van der Waals surface area contributed by atoms with Crippen LogP contribution < -0.4 is 0 Å². The molecule has 0 aromatic heterocycles. The van der Waals surface area contributed by atoms with Crippen LogP contribution in [-0.4, -0.2) is 33.4 Å². The number of likely N-dealkylation sites (tertiary alicyclic amines) is 1. The Labute approximate surface area is 132 Å². The highest BCUT2D eigenvalue weighted by Gasteiger charge is 2.69. The van der Waals surface area contributed by atoms with Gasteiger partial charge in [-0.25, -0.2) is 0 Å². The van der Waals surface area contributed by atoms with Gasteiger partial charge in [0, 0.05) is 6.54 Å². The van der Waals surface area contributed by atoms with E-state index in [0.29, 0.717) is 12.8 Å². The van der Waals surface area contributed by atoms with Crippen LogP contribution in [0, 0.1) is 11.3 Å². The van der Waals surface area contributed by atoms with Gasteiger partial charge in [-0.3, -0.25) is 4.79 Å². The molecule has 2 atom stereocenters. The molecule has 0 unspecified atom stereocenters. The molecule has 3 rings (SSSR count). The molecule has 118 valence electrons. The second-order valence-electron chi connectivity index (χ2n) is 6.18. The van der Waals surface area contributed by atoms with Gasteiger partial charge in [0.1, 0.15) is 4.99 Å². The average Bonchev–Trinajstić information content (AvgIpc) is 3.25. The highest BCUT2D eigenvalue weighted by atomic mass is 32.1. The number of hydrogen-bond acceptors (Lipinski definition) is 2. The minimum atomic E-state index is -3.24. The van der Waals surface area contributed by atoms with Crippen LogP contribution in [-0.2, 0) is 4.79 Å². The van der Waals surface area contributed by atoms with Gasteiger partial charge in [-0.15, -0.1) is 0 Å². The minimum absolute atomic E-state index is 0.00576. The number of carboxylic acids is 1. The summed E-state index contributed by atoms with van der Waals surface area (Å²) >= 11 is 5.00. The van der Waals surface area contributed by atoms with Crippen LogP contribution in [0.1, 0.15) is 31.4 Å². The lowest BCUT2D eigenvalue weighted by Crippen LogP contribution is -2.40. The van der Waals surface area contributed by atoms with E-state index >= 15 is 0 Å². The van der Waals surface area contributed by atoms with Gasteiger partial charge < -0.3 is 10.0 Å². The first-order valence-electron chi connectivity index (χ1n) is 7.28. The van der Waals surface area contributed by atoms with Crippen LogP contribution in [0.15, 0.2) is 30.3 Å². The molecule has 2 aliphatic rings. The fourth-order valence-electron chi connectivity index (χ4n) is 3.35. The summed E-state index contributed by atoms with van der Waals surface area (Å²) < 4.78 is 29.2. The highest BCUT2D eigenvalue weighted by molar-refractivity contribution is 7.80. The van der Waals surface area contributed by atoms with E-state index in [1.165, 1.54) is 4.90 Å². The first-order valence-corrected chi connectivity index (χ1v) is 7.69. The molecule has 1 N–H and O–H groups in total. The number of hydrogen-bond donors (Lipinski definition) is 1. The molecule has 1 aromatic carbocycles. The van der Waals surface area contributed by atoms with E-state index in [1.807, 2.05) is 37.3 Å². The van der Waals surface area contributed by atoms with Crippen molar-refractivity contribution in [2.24, 2.45) is 11.3 Å². The lowest BCUT2D eigenvalue weighted by molar-refractivity contribution is -0.149. The molecule has 0 bridgehead atoms. The number of alkyl halides is 2. The fourth-order valence-corrected chi connectivity index (χ4v) is 3.72. The van der Waals surface area contributed by atoms with Gasteiger partial charge >= 0.3 is 11.9 Å². The second kappa shape index (κ2) is 4.98. The number of nitrogens with zero attached hydrogens (tertiary/aromatic N) is 1. The second-order valence-corrected chi connectivity index (χ2v) is 6.57. The van der Waals surface area contributed by atoms with E-state index in [2.05, 4.69) is 0 Å². The summed E-state index contributed by atoms with van der Waals surface area (Å²) in [6.07, 6.45) is 0.609. The van der Waals surface area contributed by atoms with Crippen molar-refractivity contribution in [1.82, 2.24) is 4.90 Å². The predicted octanol–water partition coefficient (Wildman–Crippen LogP) is 3.51. The lowest BCUT2D eigenvalue weighted by Gasteiger charge is -2.27. The van der Waals surface area contributed by atoms with Crippen molar-refractivity contribution in [3.8, 4) is 0 Å². The molecule has 0 radical (unpaired) electrons. The van der Waals surface area contributed by atoms with Crippen LogP contribution in [0.4, 0.5) is 8.78 Å². The molecule has 1 aliphatic carbocycles. The average molecular weight is 325 g/mol. The van der Waals surface area contributed by atoms with Gasteiger partial charge in [0.15, 0.2) is 0 Å². The largest absolute Gasteiger partial charge is 0.481 e.